The highest BCUT2D eigenvalue weighted by Crippen LogP contribution is 2.09. The van der Waals surface area contributed by atoms with E-state index in [9.17, 15) is 0 Å². The maximum absolute atomic E-state index is 4.65. The second-order valence-corrected chi connectivity index (χ2v) is 2.56. The van der Waals surface area contributed by atoms with Crippen LogP contribution in [0.25, 0.3) is 6.08 Å². The minimum Gasteiger partial charge on any atom is -0.450 e. The fourth-order valence-corrected chi connectivity index (χ4v) is 1.10. The highest BCUT2D eigenvalue weighted by atomic mass is 16.5. The Bertz CT molecular complexity index is 342. The average molecular weight is 172 g/mol. The molecule has 0 fully saturated rings. The van der Waals surface area contributed by atoms with Crippen LogP contribution in [0.4, 0.5) is 0 Å². The molecule has 0 spiro atoms. The molecule has 0 aliphatic carbocycles. The maximum Gasteiger partial charge on any atom is 0.110 e. The summed E-state index contributed by atoms with van der Waals surface area (Å²) < 4.78 is 4.65. The van der Waals surface area contributed by atoms with Crippen molar-refractivity contribution >= 4 is 6.08 Å². The predicted molar refractivity (Wildman–Crippen MR) is 55.0 cm³/mol. The quantitative estimate of drug-likeness (QED) is 0.623. The number of ether oxygens (including phenoxy) is 1. The van der Waals surface area contributed by atoms with Crippen LogP contribution < -0.4 is 0 Å². The average Bonchev–Trinajstić information content (AvgIpc) is 2.19. The lowest BCUT2D eigenvalue weighted by atomic mass is 10.1. The molecule has 1 nitrogen and oxygen atoms in total. The van der Waals surface area contributed by atoms with Crippen molar-refractivity contribution in [1.82, 2.24) is 0 Å². The first-order valence-corrected chi connectivity index (χ1v) is 4.09. The monoisotopic (exact) mass is 172 g/mol. The van der Waals surface area contributed by atoms with Gasteiger partial charge in [0, 0.05) is 6.42 Å². The Balaban J connectivity index is 2.81. The second-order valence-electron chi connectivity index (χ2n) is 2.56. The number of methoxy groups -OCH3 is 1. The largest absolute Gasteiger partial charge is 0.450 e. The second kappa shape index (κ2) is 5.05. The fraction of sp³-hybridized carbons (Fsp3) is 0.167. The molecule has 0 unspecified atom stereocenters. The van der Waals surface area contributed by atoms with Crippen LogP contribution in [-0.4, -0.2) is 7.11 Å². The molecule has 0 N–H and O–H groups in total. The molecule has 0 heterocycles. The van der Waals surface area contributed by atoms with Crippen molar-refractivity contribution in [2.24, 2.45) is 0 Å². The Kier molecular flexibility index (Phi) is 3.66. The van der Waals surface area contributed by atoms with E-state index in [0.29, 0.717) is 6.42 Å². The van der Waals surface area contributed by atoms with Gasteiger partial charge >= 0.3 is 0 Å². The highest BCUT2D eigenvalue weighted by Gasteiger charge is 1.94. The molecule has 0 radical (unpaired) electrons. The molecule has 0 atom stereocenters. The van der Waals surface area contributed by atoms with Crippen molar-refractivity contribution < 1.29 is 4.74 Å². The van der Waals surface area contributed by atoms with E-state index in [2.05, 4.69) is 23.3 Å². The topological polar surface area (TPSA) is 9.23 Å². The predicted octanol–water partition coefficient (Wildman–Crippen LogP) is 2.48. The molecule has 0 bridgehead atoms. The molecule has 1 rings (SSSR count). The van der Waals surface area contributed by atoms with Gasteiger partial charge in [-0.15, -0.1) is 0 Å². The van der Waals surface area contributed by atoms with Crippen molar-refractivity contribution in [3.05, 3.63) is 42.0 Å². The van der Waals surface area contributed by atoms with E-state index >= 15 is 0 Å². The summed E-state index contributed by atoms with van der Waals surface area (Å²) >= 11 is 0. The Hall–Kier alpha value is -1.68. The molecular weight excluding hydrogens is 160 g/mol. The molecule has 1 aromatic carbocycles. The van der Waals surface area contributed by atoms with E-state index in [4.69, 9.17) is 0 Å². The molecular formula is C12H12O. The van der Waals surface area contributed by atoms with Gasteiger partial charge in [-0.1, -0.05) is 42.8 Å². The van der Waals surface area contributed by atoms with Crippen molar-refractivity contribution in [2.45, 2.75) is 6.42 Å². The zero-order chi connectivity index (χ0) is 9.52. The Labute approximate surface area is 79.0 Å². The van der Waals surface area contributed by atoms with Gasteiger partial charge in [-0.25, -0.2) is 0 Å². The van der Waals surface area contributed by atoms with Gasteiger partial charge in [0.05, 0.1) is 7.11 Å². The lowest BCUT2D eigenvalue weighted by Crippen LogP contribution is -1.85. The van der Waals surface area contributed by atoms with E-state index in [1.165, 1.54) is 5.56 Å². The van der Waals surface area contributed by atoms with E-state index in [1.807, 2.05) is 30.3 Å². The zero-order valence-electron chi connectivity index (χ0n) is 7.71. The van der Waals surface area contributed by atoms with Gasteiger partial charge in [-0.2, -0.15) is 0 Å². The molecule has 1 aromatic rings. The van der Waals surface area contributed by atoms with Crippen LogP contribution in [-0.2, 0) is 11.2 Å². The fourth-order valence-electron chi connectivity index (χ4n) is 1.10. The minimum absolute atomic E-state index is 0.704. The van der Waals surface area contributed by atoms with Gasteiger partial charge < -0.3 is 4.74 Å². The molecule has 13 heavy (non-hydrogen) atoms. The van der Waals surface area contributed by atoms with Crippen LogP contribution >= 0.6 is 0 Å². The first-order valence-electron chi connectivity index (χ1n) is 4.09. The summed E-state index contributed by atoms with van der Waals surface area (Å²) in [4.78, 5) is 0. The van der Waals surface area contributed by atoms with Gasteiger partial charge in [0.1, 0.15) is 6.11 Å². The summed E-state index contributed by atoms with van der Waals surface area (Å²) in [7, 11) is 1.56. The van der Waals surface area contributed by atoms with Crippen LogP contribution in [0.15, 0.2) is 30.8 Å². The SMILES string of the molecule is C=Cc1ccccc1CC#COC. The first-order chi connectivity index (χ1) is 6.38. The zero-order valence-corrected chi connectivity index (χ0v) is 7.71. The molecule has 66 valence electrons. The van der Waals surface area contributed by atoms with E-state index in [-0.39, 0.29) is 0 Å². The third-order valence-corrected chi connectivity index (χ3v) is 1.73. The maximum atomic E-state index is 4.65. The Morgan fingerprint density at radius 1 is 1.46 bits per heavy atom. The molecule has 0 aliphatic rings. The van der Waals surface area contributed by atoms with Gasteiger partial charge in [-0.05, 0) is 11.1 Å². The molecule has 1 heteroatoms. The summed E-state index contributed by atoms with van der Waals surface area (Å²) in [6, 6.07) is 8.05. The third-order valence-electron chi connectivity index (χ3n) is 1.73. The van der Waals surface area contributed by atoms with Crippen molar-refractivity contribution in [3.8, 4) is 12.0 Å². The summed E-state index contributed by atoms with van der Waals surface area (Å²) in [5.74, 6) is 2.91. The van der Waals surface area contributed by atoms with Crippen molar-refractivity contribution in [3.63, 3.8) is 0 Å². The van der Waals surface area contributed by atoms with E-state index in [0.717, 1.165) is 5.56 Å². The highest BCUT2D eigenvalue weighted by molar-refractivity contribution is 5.52. The standard InChI is InChI=1S/C12H12O/c1-3-11-7-4-5-8-12(11)9-6-10-13-2/h3-5,7-8H,1,9H2,2H3. The summed E-state index contributed by atoms with van der Waals surface area (Å²) in [6.45, 7) is 3.74. The lowest BCUT2D eigenvalue weighted by Gasteiger charge is -1.99. The van der Waals surface area contributed by atoms with Gasteiger partial charge in [0.2, 0.25) is 0 Å². The van der Waals surface area contributed by atoms with Crippen molar-refractivity contribution in [1.29, 1.82) is 0 Å². The number of hydrogen-bond donors (Lipinski definition) is 0. The van der Waals surface area contributed by atoms with Gasteiger partial charge in [0.25, 0.3) is 0 Å². The number of rotatable bonds is 2. The molecule has 0 aromatic heterocycles. The van der Waals surface area contributed by atoms with Gasteiger partial charge in [-0.3, -0.25) is 0 Å². The van der Waals surface area contributed by atoms with Crippen LogP contribution in [0, 0.1) is 12.0 Å². The van der Waals surface area contributed by atoms with Gasteiger partial charge in [0.15, 0.2) is 0 Å². The van der Waals surface area contributed by atoms with Crippen LogP contribution in [0.1, 0.15) is 11.1 Å². The first kappa shape index (κ1) is 9.41. The smallest absolute Gasteiger partial charge is 0.110 e. The molecule has 0 saturated carbocycles. The van der Waals surface area contributed by atoms with Crippen LogP contribution in [0.3, 0.4) is 0 Å². The van der Waals surface area contributed by atoms with E-state index in [1.54, 1.807) is 7.11 Å². The molecule has 0 amide bonds. The van der Waals surface area contributed by atoms with Crippen molar-refractivity contribution in [2.75, 3.05) is 7.11 Å². The number of benzene rings is 1. The minimum atomic E-state index is 0.704. The van der Waals surface area contributed by atoms with E-state index < -0.39 is 0 Å². The Morgan fingerprint density at radius 3 is 2.92 bits per heavy atom. The summed E-state index contributed by atoms with van der Waals surface area (Å²) in [5, 5.41) is 0. The summed E-state index contributed by atoms with van der Waals surface area (Å²) in [6.07, 6.45) is 5.11. The summed E-state index contributed by atoms with van der Waals surface area (Å²) in [5.41, 5.74) is 2.31. The molecule has 0 saturated heterocycles. The Morgan fingerprint density at radius 2 is 2.23 bits per heavy atom. The number of hydrogen-bond acceptors (Lipinski definition) is 1. The van der Waals surface area contributed by atoms with Crippen LogP contribution in [0.2, 0.25) is 0 Å². The lowest BCUT2D eigenvalue weighted by molar-refractivity contribution is 0.372. The van der Waals surface area contributed by atoms with Crippen LogP contribution in [0.5, 0.6) is 0 Å². The normalized spacial score (nSPS) is 8.38. The third kappa shape index (κ3) is 2.68. The molecule has 0 aliphatic heterocycles.